The van der Waals surface area contributed by atoms with Crippen molar-refractivity contribution >= 4 is 27.1 Å². The molecule has 1 aromatic carbocycles. The Balaban J connectivity index is 2.49. The van der Waals surface area contributed by atoms with E-state index in [4.69, 9.17) is 5.73 Å². The van der Waals surface area contributed by atoms with Gasteiger partial charge in [-0.25, -0.2) is 0 Å². The molecule has 0 aliphatic heterocycles. The third kappa shape index (κ3) is 1.66. The molecule has 2 nitrogen and oxygen atoms in total. The van der Waals surface area contributed by atoms with Crippen LogP contribution in [0.5, 0.6) is 0 Å². The van der Waals surface area contributed by atoms with Crippen LogP contribution in [0.1, 0.15) is 4.88 Å². The Labute approximate surface area is 81.4 Å². The molecule has 0 aliphatic carbocycles. The van der Waals surface area contributed by atoms with E-state index in [-0.39, 0.29) is 0 Å². The summed E-state index contributed by atoms with van der Waals surface area (Å²) in [4.78, 5) is 1.35. The number of nitrogen functional groups attached to an aromatic ring is 1. The minimum Gasteiger partial charge on any atom is -0.399 e. The molecule has 0 amide bonds. The van der Waals surface area contributed by atoms with Crippen LogP contribution in [0.4, 0.5) is 5.69 Å². The Morgan fingerprint density at radius 3 is 3.00 bits per heavy atom. The fourth-order valence-corrected chi connectivity index (χ4v) is 2.49. The SMILES string of the molecule is CNCc1cc2ccc(N)cc2s1. The third-order valence-corrected chi connectivity index (χ3v) is 3.04. The molecule has 68 valence electrons. The van der Waals surface area contributed by atoms with Crippen molar-refractivity contribution in [1.29, 1.82) is 0 Å². The van der Waals surface area contributed by atoms with Gasteiger partial charge in [-0.1, -0.05) is 6.07 Å². The number of benzene rings is 1. The van der Waals surface area contributed by atoms with E-state index in [2.05, 4.69) is 17.4 Å². The zero-order valence-corrected chi connectivity index (χ0v) is 8.32. The van der Waals surface area contributed by atoms with Crippen molar-refractivity contribution in [3.63, 3.8) is 0 Å². The first-order valence-electron chi connectivity index (χ1n) is 4.22. The zero-order chi connectivity index (χ0) is 9.26. The van der Waals surface area contributed by atoms with Gasteiger partial charge in [-0.15, -0.1) is 11.3 Å². The largest absolute Gasteiger partial charge is 0.399 e. The maximum absolute atomic E-state index is 5.70. The second-order valence-electron chi connectivity index (χ2n) is 3.04. The van der Waals surface area contributed by atoms with Gasteiger partial charge in [0, 0.05) is 21.8 Å². The Kier molecular flexibility index (Phi) is 2.20. The highest BCUT2D eigenvalue weighted by molar-refractivity contribution is 7.19. The fourth-order valence-electron chi connectivity index (χ4n) is 1.36. The summed E-state index contributed by atoms with van der Waals surface area (Å²) in [6.45, 7) is 0.930. The Morgan fingerprint density at radius 1 is 1.38 bits per heavy atom. The summed E-state index contributed by atoms with van der Waals surface area (Å²) >= 11 is 1.79. The Morgan fingerprint density at radius 2 is 2.23 bits per heavy atom. The van der Waals surface area contributed by atoms with E-state index in [1.54, 1.807) is 11.3 Å². The summed E-state index contributed by atoms with van der Waals surface area (Å²) in [5, 5.41) is 4.42. The van der Waals surface area contributed by atoms with Gasteiger partial charge in [-0.3, -0.25) is 0 Å². The summed E-state index contributed by atoms with van der Waals surface area (Å²) in [6, 6.07) is 8.24. The van der Waals surface area contributed by atoms with Gasteiger partial charge in [0.2, 0.25) is 0 Å². The molecule has 0 saturated heterocycles. The molecule has 0 atom stereocenters. The highest BCUT2D eigenvalue weighted by atomic mass is 32.1. The number of nitrogens with one attached hydrogen (secondary N) is 1. The highest BCUT2D eigenvalue weighted by Gasteiger charge is 2.00. The van der Waals surface area contributed by atoms with Crippen LogP contribution in [0.3, 0.4) is 0 Å². The number of nitrogens with two attached hydrogens (primary N) is 1. The van der Waals surface area contributed by atoms with Crippen LogP contribution >= 0.6 is 11.3 Å². The average Bonchev–Trinajstić information content (AvgIpc) is 2.46. The molecule has 3 N–H and O–H groups in total. The standard InChI is InChI=1S/C10H12N2S/c1-12-6-9-4-7-2-3-8(11)5-10(7)13-9/h2-5,12H,6,11H2,1H3. The Bertz CT molecular complexity index is 420. The minimum absolute atomic E-state index is 0.838. The van der Waals surface area contributed by atoms with Crippen LogP contribution in [0.2, 0.25) is 0 Å². The first-order chi connectivity index (χ1) is 6.29. The topological polar surface area (TPSA) is 38.0 Å². The molecule has 1 aromatic heterocycles. The number of fused-ring (bicyclic) bond motifs is 1. The molecule has 0 spiro atoms. The van der Waals surface area contributed by atoms with Gasteiger partial charge in [0.05, 0.1) is 0 Å². The lowest BCUT2D eigenvalue weighted by Gasteiger charge is -1.90. The van der Waals surface area contributed by atoms with Gasteiger partial charge in [-0.2, -0.15) is 0 Å². The normalized spacial score (nSPS) is 10.8. The molecule has 2 rings (SSSR count). The molecule has 3 heteroatoms. The summed E-state index contributed by atoms with van der Waals surface area (Å²) in [5.41, 5.74) is 6.54. The van der Waals surface area contributed by atoms with Crippen LogP contribution in [0.25, 0.3) is 10.1 Å². The van der Waals surface area contributed by atoms with Gasteiger partial charge in [0.25, 0.3) is 0 Å². The highest BCUT2D eigenvalue weighted by Crippen LogP contribution is 2.27. The monoisotopic (exact) mass is 192 g/mol. The molecule has 0 fully saturated rings. The summed E-state index contributed by atoms with van der Waals surface area (Å²) < 4.78 is 1.27. The zero-order valence-electron chi connectivity index (χ0n) is 7.50. The van der Waals surface area contributed by atoms with Gasteiger partial charge in [0.15, 0.2) is 0 Å². The van der Waals surface area contributed by atoms with E-state index < -0.39 is 0 Å². The van der Waals surface area contributed by atoms with Crippen molar-refractivity contribution in [2.45, 2.75) is 6.54 Å². The molecular weight excluding hydrogens is 180 g/mol. The van der Waals surface area contributed by atoms with Crippen molar-refractivity contribution in [1.82, 2.24) is 5.32 Å². The lowest BCUT2D eigenvalue weighted by atomic mass is 10.2. The minimum atomic E-state index is 0.838. The van der Waals surface area contributed by atoms with Crippen LogP contribution in [-0.4, -0.2) is 7.05 Å². The van der Waals surface area contributed by atoms with Crippen LogP contribution in [0, 0.1) is 0 Å². The van der Waals surface area contributed by atoms with Gasteiger partial charge in [-0.05, 0) is 30.6 Å². The lowest BCUT2D eigenvalue weighted by Crippen LogP contribution is -2.02. The summed E-state index contributed by atoms with van der Waals surface area (Å²) in [5.74, 6) is 0. The first kappa shape index (κ1) is 8.53. The Hall–Kier alpha value is -1.06. The van der Waals surface area contributed by atoms with Crippen molar-refractivity contribution in [3.8, 4) is 0 Å². The van der Waals surface area contributed by atoms with Crippen molar-refractivity contribution < 1.29 is 0 Å². The molecule has 0 bridgehead atoms. The average molecular weight is 192 g/mol. The fraction of sp³-hybridized carbons (Fsp3) is 0.200. The van der Waals surface area contributed by atoms with Crippen LogP contribution in [0.15, 0.2) is 24.3 Å². The third-order valence-electron chi connectivity index (χ3n) is 1.95. The quantitative estimate of drug-likeness (QED) is 0.716. The smallest absolute Gasteiger partial charge is 0.0366 e. The molecule has 0 aliphatic rings. The predicted octanol–water partition coefficient (Wildman–Crippen LogP) is 2.20. The van der Waals surface area contributed by atoms with Gasteiger partial charge >= 0.3 is 0 Å². The van der Waals surface area contributed by atoms with Crippen molar-refractivity contribution in [2.24, 2.45) is 0 Å². The second kappa shape index (κ2) is 3.36. The molecule has 2 aromatic rings. The van der Waals surface area contributed by atoms with E-state index in [9.17, 15) is 0 Å². The van der Waals surface area contributed by atoms with E-state index in [0.29, 0.717) is 0 Å². The van der Waals surface area contributed by atoms with E-state index in [0.717, 1.165) is 12.2 Å². The van der Waals surface area contributed by atoms with Gasteiger partial charge < -0.3 is 11.1 Å². The molecule has 13 heavy (non-hydrogen) atoms. The van der Waals surface area contributed by atoms with Crippen molar-refractivity contribution in [2.75, 3.05) is 12.8 Å². The number of hydrogen-bond acceptors (Lipinski definition) is 3. The molecule has 0 unspecified atom stereocenters. The van der Waals surface area contributed by atoms with Crippen LogP contribution < -0.4 is 11.1 Å². The maximum atomic E-state index is 5.70. The number of rotatable bonds is 2. The van der Waals surface area contributed by atoms with E-state index in [1.165, 1.54) is 15.0 Å². The number of thiophene rings is 1. The summed E-state index contributed by atoms with van der Waals surface area (Å²) in [6.07, 6.45) is 0. The van der Waals surface area contributed by atoms with E-state index in [1.807, 2.05) is 19.2 Å². The molecule has 1 heterocycles. The maximum Gasteiger partial charge on any atom is 0.0366 e. The first-order valence-corrected chi connectivity index (χ1v) is 5.04. The van der Waals surface area contributed by atoms with Gasteiger partial charge in [0.1, 0.15) is 0 Å². The number of anilines is 1. The molecule has 0 saturated carbocycles. The summed E-state index contributed by atoms with van der Waals surface area (Å²) in [7, 11) is 1.96. The number of hydrogen-bond donors (Lipinski definition) is 2. The lowest BCUT2D eigenvalue weighted by molar-refractivity contribution is 0.832. The molecule has 0 radical (unpaired) electrons. The van der Waals surface area contributed by atoms with Crippen LogP contribution in [-0.2, 0) is 6.54 Å². The predicted molar refractivity (Wildman–Crippen MR) is 59.0 cm³/mol. The van der Waals surface area contributed by atoms with Crippen molar-refractivity contribution in [3.05, 3.63) is 29.1 Å². The second-order valence-corrected chi connectivity index (χ2v) is 4.21. The molecular formula is C10H12N2S. The van der Waals surface area contributed by atoms with E-state index >= 15 is 0 Å².